The fourth-order valence-electron chi connectivity index (χ4n) is 2.79. The van der Waals surface area contributed by atoms with Gasteiger partial charge < -0.3 is 27.5 Å². The fraction of sp³-hybridized carbons (Fsp3) is 0.800. The maximum Gasteiger partial charge on any atom is 0.528 e. The van der Waals surface area contributed by atoms with Crippen molar-refractivity contribution in [3.63, 3.8) is 0 Å². The van der Waals surface area contributed by atoms with Crippen LogP contribution in [0.15, 0.2) is 24.9 Å². The van der Waals surface area contributed by atoms with Gasteiger partial charge in [-0.3, -0.25) is 0 Å². The van der Waals surface area contributed by atoms with Crippen molar-refractivity contribution < 1.29 is 27.5 Å². The third-order valence-corrected chi connectivity index (χ3v) is 6.77. The van der Waals surface area contributed by atoms with Gasteiger partial charge in [0.1, 0.15) is 0 Å². The normalized spacial score (nSPS) is 12.9. The third kappa shape index (κ3) is 10.5. The number of rotatable bonds is 16. The zero-order valence-corrected chi connectivity index (χ0v) is 19.5. The second kappa shape index (κ2) is 17.5. The molecule has 0 saturated heterocycles. The predicted octanol–water partition coefficient (Wildman–Crippen LogP) is 4.72. The lowest BCUT2D eigenvalue weighted by molar-refractivity contribution is -0.372. The molecule has 1 atom stereocenters. The second-order valence-corrected chi connectivity index (χ2v) is 8.87. The molecular weight excluding hydrogens is 364 g/mol. The average molecular weight is 407 g/mol. The summed E-state index contributed by atoms with van der Waals surface area (Å²) in [7, 11) is 7.01. The van der Waals surface area contributed by atoms with Crippen molar-refractivity contribution in [1.29, 1.82) is 0 Å². The van der Waals surface area contributed by atoms with Crippen LogP contribution in [0.4, 0.5) is 0 Å². The molecule has 6 nitrogen and oxygen atoms in total. The Morgan fingerprint density at radius 1 is 0.778 bits per heavy atom. The first-order valence-corrected chi connectivity index (χ1v) is 11.3. The van der Waals surface area contributed by atoms with Crippen LogP contribution in [0.2, 0.25) is 0 Å². The van der Waals surface area contributed by atoms with E-state index >= 15 is 0 Å². The highest BCUT2D eigenvalue weighted by Crippen LogP contribution is 2.29. The molecule has 0 amide bonds. The standard InChI is InChI=1S/C15H30O3.C5H12O3Si/c1-6-8-9-10-11-12-13-14(7-2)15(16-3,17-4)18-5;1-5-9(6-2,7-3)8-4/h7,14H,2,6,8-13H2,1,3-5H3;5H,1H2,2-4H3. The summed E-state index contributed by atoms with van der Waals surface area (Å²) in [4.78, 5) is 0. The highest BCUT2D eigenvalue weighted by atomic mass is 28.4. The summed E-state index contributed by atoms with van der Waals surface area (Å²) in [5, 5.41) is 0. The number of ether oxygens (including phenoxy) is 3. The molecule has 0 aromatic heterocycles. The van der Waals surface area contributed by atoms with Crippen molar-refractivity contribution >= 4 is 8.80 Å². The highest BCUT2D eigenvalue weighted by molar-refractivity contribution is 6.66. The third-order valence-electron chi connectivity index (χ3n) is 4.56. The van der Waals surface area contributed by atoms with Gasteiger partial charge in [0.25, 0.3) is 5.97 Å². The number of hydrogen-bond acceptors (Lipinski definition) is 6. The lowest BCUT2D eigenvalue weighted by Gasteiger charge is -2.34. The van der Waals surface area contributed by atoms with Gasteiger partial charge in [0.05, 0.1) is 5.92 Å². The molecular formula is C20H42O6Si. The molecule has 1 unspecified atom stereocenters. The van der Waals surface area contributed by atoms with Crippen LogP contribution in [0, 0.1) is 5.92 Å². The Morgan fingerprint density at radius 2 is 1.22 bits per heavy atom. The Hall–Kier alpha value is -0.543. The Labute approximate surface area is 168 Å². The van der Waals surface area contributed by atoms with E-state index < -0.39 is 14.8 Å². The minimum atomic E-state index is -2.43. The lowest BCUT2D eigenvalue weighted by Crippen LogP contribution is -2.43. The predicted molar refractivity (Wildman–Crippen MR) is 112 cm³/mol. The Balaban J connectivity index is 0. The lowest BCUT2D eigenvalue weighted by atomic mass is 9.97. The molecule has 0 aromatic carbocycles. The summed E-state index contributed by atoms with van der Waals surface area (Å²) in [6.07, 6.45) is 10.5. The second-order valence-electron chi connectivity index (χ2n) is 6.03. The molecule has 7 heteroatoms. The van der Waals surface area contributed by atoms with Crippen molar-refractivity contribution in [3.8, 4) is 0 Å². The van der Waals surface area contributed by atoms with Gasteiger partial charge in [0.2, 0.25) is 0 Å². The molecule has 0 aromatic rings. The zero-order chi connectivity index (χ0) is 21.2. The van der Waals surface area contributed by atoms with Gasteiger partial charge in [0.15, 0.2) is 0 Å². The monoisotopic (exact) mass is 406 g/mol. The minimum absolute atomic E-state index is 0.0590. The van der Waals surface area contributed by atoms with E-state index in [-0.39, 0.29) is 5.92 Å². The maximum absolute atomic E-state index is 5.37. The highest BCUT2D eigenvalue weighted by Gasteiger charge is 2.37. The summed E-state index contributed by atoms with van der Waals surface area (Å²) in [5.74, 6) is -0.922. The molecule has 27 heavy (non-hydrogen) atoms. The fourth-order valence-corrected chi connectivity index (χ4v) is 3.79. The molecule has 0 aliphatic rings. The Bertz CT molecular complexity index is 340. The van der Waals surface area contributed by atoms with E-state index in [0.717, 1.165) is 12.8 Å². The van der Waals surface area contributed by atoms with Crippen LogP contribution in [0.3, 0.4) is 0 Å². The van der Waals surface area contributed by atoms with Crippen molar-refractivity contribution in [3.05, 3.63) is 24.9 Å². The van der Waals surface area contributed by atoms with Gasteiger partial charge in [-0.25, -0.2) is 0 Å². The van der Waals surface area contributed by atoms with Crippen molar-refractivity contribution in [2.75, 3.05) is 42.7 Å². The van der Waals surface area contributed by atoms with E-state index in [1.165, 1.54) is 32.1 Å². The molecule has 0 aliphatic carbocycles. The van der Waals surface area contributed by atoms with E-state index in [0.29, 0.717) is 0 Å². The Morgan fingerprint density at radius 3 is 1.52 bits per heavy atom. The molecule has 0 radical (unpaired) electrons. The molecule has 0 heterocycles. The first-order chi connectivity index (χ1) is 12.9. The van der Waals surface area contributed by atoms with Crippen LogP contribution in [0.25, 0.3) is 0 Å². The van der Waals surface area contributed by atoms with Crippen LogP contribution in [-0.4, -0.2) is 57.4 Å². The molecule has 162 valence electrons. The SMILES string of the molecule is C=CC(CCCCCCCC)C(OC)(OC)OC.C=C[Si](OC)(OC)OC. The van der Waals surface area contributed by atoms with Crippen LogP contribution in [0.1, 0.15) is 51.9 Å². The summed E-state index contributed by atoms with van der Waals surface area (Å²) in [5.41, 5.74) is 1.58. The summed E-state index contributed by atoms with van der Waals surface area (Å²) >= 11 is 0. The molecule has 0 aliphatic heterocycles. The van der Waals surface area contributed by atoms with E-state index in [2.05, 4.69) is 20.1 Å². The first-order valence-electron chi connectivity index (χ1n) is 9.52. The number of methoxy groups -OCH3 is 3. The summed E-state index contributed by atoms with van der Waals surface area (Å²) in [6, 6.07) is 0. The van der Waals surface area contributed by atoms with Crippen molar-refractivity contribution in [2.24, 2.45) is 5.92 Å². The largest absolute Gasteiger partial charge is 0.528 e. The van der Waals surface area contributed by atoms with Gasteiger partial charge >= 0.3 is 8.80 Å². The average Bonchev–Trinajstić information content (AvgIpc) is 2.73. The van der Waals surface area contributed by atoms with E-state index in [1.54, 1.807) is 48.4 Å². The summed E-state index contributed by atoms with van der Waals surface area (Å²) in [6.45, 7) is 9.63. The van der Waals surface area contributed by atoms with Crippen molar-refractivity contribution in [1.82, 2.24) is 0 Å². The maximum atomic E-state index is 5.37. The molecule has 0 N–H and O–H groups in total. The van der Waals surface area contributed by atoms with Crippen LogP contribution in [0.5, 0.6) is 0 Å². The van der Waals surface area contributed by atoms with Gasteiger partial charge in [0, 0.05) is 42.7 Å². The van der Waals surface area contributed by atoms with Crippen LogP contribution < -0.4 is 0 Å². The molecule has 0 spiro atoms. The first kappa shape index (κ1) is 28.7. The Kier molecular flexibility index (Phi) is 18.6. The minimum Gasteiger partial charge on any atom is -0.374 e. The van der Waals surface area contributed by atoms with E-state index in [4.69, 9.17) is 27.5 Å². The molecule has 0 fully saturated rings. The topological polar surface area (TPSA) is 55.4 Å². The van der Waals surface area contributed by atoms with Crippen LogP contribution in [-0.2, 0) is 27.5 Å². The van der Waals surface area contributed by atoms with Crippen molar-refractivity contribution in [2.45, 2.75) is 57.8 Å². The van der Waals surface area contributed by atoms with E-state index in [9.17, 15) is 0 Å². The number of hydrogen-bond donors (Lipinski definition) is 0. The van der Waals surface area contributed by atoms with E-state index in [1.807, 2.05) is 6.08 Å². The molecule has 0 saturated carbocycles. The van der Waals surface area contributed by atoms with Gasteiger partial charge in [-0.05, 0) is 12.1 Å². The van der Waals surface area contributed by atoms with Crippen LogP contribution >= 0.6 is 0 Å². The summed E-state index contributed by atoms with van der Waals surface area (Å²) < 4.78 is 31.0. The van der Waals surface area contributed by atoms with Gasteiger partial charge in [-0.1, -0.05) is 58.1 Å². The van der Waals surface area contributed by atoms with Gasteiger partial charge in [-0.2, -0.15) is 0 Å². The zero-order valence-electron chi connectivity index (χ0n) is 18.5. The molecule has 0 rings (SSSR count). The van der Waals surface area contributed by atoms with Gasteiger partial charge in [-0.15, -0.1) is 6.58 Å². The smallest absolute Gasteiger partial charge is 0.374 e. The quantitative estimate of drug-likeness (QED) is 0.160. The molecule has 0 bridgehead atoms. The number of unbranched alkanes of at least 4 members (excludes halogenated alkanes) is 5.